The van der Waals surface area contributed by atoms with E-state index in [0.717, 1.165) is 12.8 Å². The molecule has 1 aromatic rings. The number of ether oxygens (including phenoxy) is 1. The van der Waals surface area contributed by atoms with Crippen molar-refractivity contribution in [3.8, 4) is 0 Å². The van der Waals surface area contributed by atoms with Crippen molar-refractivity contribution in [1.29, 1.82) is 0 Å². The summed E-state index contributed by atoms with van der Waals surface area (Å²) >= 11 is 0. The lowest BCUT2D eigenvalue weighted by atomic mass is 10.1. The molecule has 0 bridgehead atoms. The Balaban J connectivity index is 2.28. The first-order valence-corrected chi connectivity index (χ1v) is 7.21. The van der Waals surface area contributed by atoms with E-state index < -0.39 is 10.0 Å². The van der Waals surface area contributed by atoms with Crippen LogP contribution >= 0.6 is 0 Å². The zero-order valence-electron chi connectivity index (χ0n) is 10.5. The fourth-order valence-electron chi connectivity index (χ4n) is 2.14. The molecule has 0 aromatic carbocycles. The third-order valence-electron chi connectivity index (χ3n) is 3.11. The third-order valence-corrected chi connectivity index (χ3v) is 5.00. The molecule has 7 nitrogen and oxygen atoms in total. The molecule has 2 heterocycles. The van der Waals surface area contributed by atoms with Gasteiger partial charge in [0.2, 0.25) is 10.0 Å². The van der Waals surface area contributed by atoms with Crippen LogP contribution in [-0.2, 0) is 21.8 Å². The zero-order chi connectivity index (χ0) is 13.3. The summed E-state index contributed by atoms with van der Waals surface area (Å²) in [6, 6.07) is 0. The van der Waals surface area contributed by atoms with Gasteiger partial charge in [-0.3, -0.25) is 4.68 Å². The maximum atomic E-state index is 12.4. The second-order valence-electron chi connectivity index (χ2n) is 4.42. The van der Waals surface area contributed by atoms with Crippen molar-refractivity contribution >= 4 is 15.8 Å². The normalized spacial score (nSPS) is 22.2. The Labute approximate surface area is 107 Å². The van der Waals surface area contributed by atoms with E-state index in [-0.39, 0.29) is 16.8 Å². The van der Waals surface area contributed by atoms with Crippen molar-refractivity contribution in [2.75, 3.05) is 25.9 Å². The number of aromatic nitrogens is 2. The summed E-state index contributed by atoms with van der Waals surface area (Å²) in [5, 5.41) is 3.87. The number of hydrogen-bond donors (Lipinski definition) is 1. The molecule has 0 aliphatic carbocycles. The Morgan fingerprint density at radius 2 is 2.28 bits per heavy atom. The minimum atomic E-state index is -3.57. The summed E-state index contributed by atoms with van der Waals surface area (Å²) in [6.07, 6.45) is 3.05. The molecule has 1 unspecified atom stereocenters. The SMILES string of the molecule is COC1CCCN(S(=O)(=O)c2cn(C)nc2N)C1. The highest BCUT2D eigenvalue weighted by atomic mass is 32.2. The maximum absolute atomic E-state index is 12.4. The van der Waals surface area contributed by atoms with E-state index in [9.17, 15) is 8.42 Å². The molecule has 102 valence electrons. The third kappa shape index (κ3) is 2.36. The molecule has 1 aliphatic heterocycles. The molecule has 1 saturated heterocycles. The van der Waals surface area contributed by atoms with Gasteiger partial charge in [0.25, 0.3) is 0 Å². The molecule has 0 radical (unpaired) electrons. The van der Waals surface area contributed by atoms with Gasteiger partial charge in [-0.25, -0.2) is 8.42 Å². The van der Waals surface area contributed by atoms with Crippen molar-refractivity contribution in [2.24, 2.45) is 7.05 Å². The Hall–Kier alpha value is -1.12. The molecule has 2 rings (SSSR count). The van der Waals surface area contributed by atoms with Gasteiger partial charge in [-0.1, -0.05) is 0 Å². The highest BCUT2D eigenvalue weighted by Gasteiger charge is 2.32. The number of hydrogen-bond acceptors (Lipinski definition) is 5. The molecule has 1 aliphatic rings. The number of sulfonamides is 1. The molecule has 1 atom stereocenters. The molecule has 18 heavy (non-hydrogen) atoms. The highest BCUT2D eigenvalue weighted by molar-refractivity contribution is 7.89. The summed E-state index contributed by atoms with van der Waals surface area (Å²) < 4.78 is 32.9. The van der Waals surface area contributed by atoms with Gasteiger partial charge in [-0.2, -0.15) is 9.40 Å². The Morgan fingerprint density at radius 1 is 1.56 bits per heavy atom. The van der Waals surface area contributed by atoms with Gasteiger partial charge < -0.3 is 10.5 Å². The molecule has 0 saturated carbocycles. The summed E-state index contributed by atoms with van der Waals surface area (Å²) in [6.45, 7) is 0.865. The fourth-order valence-corrected chi connectivity index (χ4v) is 3.74. The van der Waals surface area contributed by atoms with E-state index in [1.54, 1.807) is 14.2 Å². The number of anilines is 1. The Morgan fingerprint density at radius 3 is 2.83 bits per heavy atom. The van der Waals surface area contributed by atoms with Gasteiger partial charge in [0.1, 0.15) is 4.90 Å². The topological polar surface area (TPSA) is 90.5 Å². The molecule has 0 spiro atoms. The second-order valence-corrected chi connectivity index (χ2v) is 6.32. The van der Waals surface area contributed by atoms with E-state index in [0.29, 0.717) is 13.1 Å². The van der Waals surface area contributed by atoms with Gasteiger partial charge in [0.15, 0.2) is 5.82 Å². The fraction of sp³-hybridized carbons (Fsp3) is 0.700. The van der Waals surface area contributed by atoms with Crippen LogP contribution in [0.4, 0.5) is 5.82 Å². The van der Waals surface area contributed by atoms with Crippen LogP contribution in [0.2, 0.25) is 0 Å². The first-order valence-electron chi connectivity index (χ1n) is 5.77. The average Bonchev–Trinajstić information content (AvgIpc) is 2.69. The smallest absolute Gasteiger partial charge is 0.248 e. The number of aryl methyl sites for hydroxylation is 1. The molecule has 8 heteroatoms. The van der Waals surface area contributed by atoms with Crippen LogP contribution in [0, 0.1) is 0 Å². The molecular formula is C10H18N4O3S. The first kappa shape index (κ1) is 13.3. The lowest BCUT2D eigenvalue weighted by Gasteiger charge is -2.30. The van der Waals surface area contributed by atoms with E-state index in [1.165, 1.54) is 15.2 Å². The predicted octanol–water partition coefficient (Wildman–Crippen LogP) is -0.198. The van der Waals surface area contributed by atoms with Gasteiger partial charge in [0.05, 0.1) is 6.10 Å². The van der Waals surface area contributed by atoms with E-state index in [4.69, 9.17) is 10.5 Å². The predicted molar refractivity (Wildman–Crippen MR) is 66.4 cm³/mol. The number of nitrogens with zero attached hydrogens (tertiary/aromatic N) is 3. The van der Waals surface area contributed by atoms with E-state index in [1.807, 2.05) is 0 Å². The standard InChI is InChI=1S/C10H18N4O3S/c1-13-7-9(10(11)12-13)18(15,16)14-5-3-4-8(6-14)17-2/h7-8H,3-6H2,1-2H3,(H2,11,12). The largest absolute Gasteiger partial charge is 0.381 e. The van der Waals surface area contributed by atoms with Gasteiger partial charge in [-0.05, 0) is 12.8 Å². The molecule has 1 aromatic heterocycles. The number of rotatable bonds is 3. The quantitative estimate of drug-likeness (QED) is 0.824. The van der Waals surface area contributed by atoms with Gasteiger partial charge in [-0.15, -0.1) is 0 Å². The molecule has 0 amide bonds. The lowest BCUT2D eigenvalue weighted by Crippen LogP contribution is -2.42. The highest BCUT2D eigenvalue weighted by Crippen LogP contribution is 2.24. The Bertz CT molecular complexity index is 525. The van der Waals surface area contributed by atoms with Crippen LogP contribution in [0.5, 0.6) is 0 Å². The van der Waals surface area contributed by atoms with E-state index >= 15 is 0 Å². The monoisotopic (exact) mass is 274 g/mol. The minimum absolute atomic E-state index is 0.0389. The van der Waals surface area contributed by atoms with Crippen LogP contribution in [0.25, 0.3) is 0 Å². The van der Waals surface area contributed by atoms with Crippen LogP contribution < -0.4 is 5.73 Å². The van der Waals surface area contributed by atoms with Crippen molar-refractivity contribution in [1.82, 2.24) is 14.1 Å². The average molecular weight is 274 g/mol. The van der Waals surface area contributed by atoms with Crippen LogP contribution in [0.15, 0.2) is 11.1 Å². The molecule has 1 fully saturated rings. The van der Waals surface area contributed by atoms with Crippen LogP contribution in [0.1, 0.15) is 12.8 Å². The summed E-state index contributed by atoms with van der Waals surface area (Å²) in [5.74, 6) is 0.0389. The number of methoxy groups -OCH3 is 1. The summed E-state index contributed by atoms with van der Waals surface area (Å²) in [5.41, 5.74) is 5.63. The van der Waals surface area contributed by atoms with Crippen LogP contribution in [-0.4, -0.2) is 48.8 Å². The second kappa shape index (κ2) is 4.87. The lowest BCUT2D eigenvalue weighted by molar-refractivity contribution is 0.0572. The minimum Gasteiger partial charge on any atom is -0.381 e. The number of piperidine rings is 1. The van der Waals surface area contributed by atoms with E-state index in [2.05, 4.69) is 5.10 Å². The maximum Gasteiger partial charge on any atom is 0.248 e. The first-order chi connectivity index (χ1) is 8.45. The van der Waals surface area contributed by atoms with Gasteiger partial charge in [0, 0.05) is 33.4 Å². The Kier molecular flexibility index (Phi) is 3.60. The van der Waals surface area contributed by atoms with Crippen molar-refractivity contribution < 1.29 is 13.2 Å². The summed E-state index contributed by atoms with van der Waals surface area (Å²) in [4.78, 5) is 0.0711. The van der Waals surface area contributed by atoms with Crippen molar-refractivity contribution in [2.45, 2.75) is 23.8 Å². The van der Waals surface area contributed by atoms with Crippen molar-refractivity contribution in [3.63, 3.8) is 0 Å². The van der Waals surface area contributed by atoms with Crippen molar-refractivity contribution in [3.05, 3.63) is 6.20 Å². The molecular weight excluding hydrogens is 256 g/mol. The zero-order valence-corrected chi connectivity index (χ0v) is 11.4. The molecule has 2 N–H and O–H groups in total. The summed E-state index contributed by atoms with van der Waals surface area (Å²) in [7, 11) is -0.331. The number of nitrogens with two attached hydrogens (primary N) is 1. The van der Waals surface area contributed by atoms with Gasteiger partial charge >= 0.3 is 0 Å². The van der Waals surface area contributed by atoms with Crippen LogP contribution in [0.3, 0.4) is 0 Å². The number of nitrogen functional groups attached to an aromatic ring is 1.